The van der Waals surface area contributed by atoms with E-state index >= 15 is 0 Å². The van der Waals surface area contributed by atoms with Crippen molar-refractivity contribution in [1.82, 2.24) is 9.47 Å². The highest BCUT2D eigenvalue weighted by Crippen LogP contribution is 2.39. The summed E-state index contributed by atoms with van der Waals surface area (Å²) in [5.41, 5.74) is 3.64. The second-order valence-electron chi connectivity index (χ2n) is 7.90. The standard InChI is InChI=1S/C26H22BrF3N2/c1-31(2)17-18-6-5-7-20(16-18)24-15-14-23(19-10-12-21(27)13-11-19)32(24)25-9-4-3-8-22(25)26(28,29)30/h3-16H,17H2,1-2H3. The number of alkyl halides is 3. The van der Waals surface area contributed by atoms with E-state index in [4.69, 9.17) is 0 Å². The van der Waals surface area contributed by atoms with Gasteiger partial charge in [0.05, 0.1) is 22.6 Å². The van der Waals surface area contributed by atoms with Gasteiger partial charge in [0.2, 0.25) is 0 Å². The van der Waals surface area contributed by atoms with E-state index in [1.807, 2.05) is 74.8 Å². The lowest BCUT2D eigenvalue weighted by atomic mass is 10.1. The van der Waals surface area contributed by atoms with Gasteiger partial charge in [-0.1, -0.05) is 58.4 Å². The van der Waals surface area contributed by atoms with E-state index in [0.717, 1.165) is 33.8 Å². The Morgan fingerprint density at radius 3 is 2.09 bits per heavy atom. The molecule has 0 amide bonds. The van der Waals surface area contributed by atoms with Gasteiger partial charge in [-0.15, -0.1) is 0 Å². The molecule has 0 spiro atoms. The van der Waals surface area contributed by atoms with Crippen molar-refractivity contribution in [2.75, 3.05) is 14.1 Å². The monoisotopic (exact) mass is 498 g/mol. The Morgan fingerprint density at radius 2 is 1.44 bits per heavy atom. The summed E-state index contributed by atoms with van der Waals surface area (Å²) in [5, 5.41) is 0. The molecule has 1 heterocycles. The second kappa shape index (κ2) is 8.96. The summed E-state index contributed by atoms with van der Waals surface area (Å²) in [6.45, 7) is 0.743. The molecule has 0 saturated heterocycles. The summed E-state index contributed by atoms with van der Waals surface area (Å²) in [6, 6.07) is 25.0. The van der Waals surface area contributed by atoms with Crippen LogP contribution in [0.1, 0.15) is 11.1 Å². The first-order chi connectivity index (χ1) is 15.2. The van der Waals surface area contributed by atoms with E-state index in [9.17, 15) is 13.2 Å². The number of nitrogens with zero attached hydrogens (tertiary/aromatic N) is 2. The van der Waals surface area contributed by atoms with Crippen LogP contribution in [0.2, 0.25) is 0 Å². The zero-order chi connectivity index (χ0) is 22.9. The largest absolute Gasteiger partial charge is 0.418 e. The molecule has 0 saturated carbocycles. The molecule has 0 unspecified atom stereocenters. The molecule has 0 fully saturated rings. The van der Waals surface area contributed by atoms with Gasteiger partial charge >= 0.3 is 6.18 Å². The van der Waals surface area contributed by atoms with Crippen LogP contribution in [0.3, 0.4) is 0 Å². The first kappa shape index (κ1) is 22.4. The Bertz CT molecular complexity index is 1220. The van der Waals surface area contributed by atoms with Crippen molar-refractivity contribution in [1.29, 1.82) is 0 Å². The maximum Gasteiger partial charge on any atom is 0.418 e. The highest BCUT2D eigenvalue weighted by molar-refractivity contribution is 9.10. The van der Waals surface area contributed by atoms with E-state index < -0.39 is 11.7 Å². The van der Waals surface area contributed by atoms with Crippen molar-refractivity contribution in [3.8, 4) is 28.2 Å². The number of rotatable bonds is 5. The highest BCUT2D eigenvalue weighted by atomic mass is 79.9. The van der Waals surface area contributed by atoms with Crippen molar-refractivity contribution in [3.05, 3.63) is 101 Å². The lowest BCUT2D eigenvalue weighted by Crippen LogP contribution is -2.12. The Labute approximate surface area is 194 Å². The van der Waals surface area contributed by atoms with Crippen LogP contribution in [0.25, 0.3) is 28.2 Å². The molecule has 0 aliphatic carbocycles. The van der Waals surface area contributed by atoms with Gasteiger partial charge in [-0.05, 0) is 73.3 Å². The molecule has 164 valence electrons. The molecule has 6 heteroatoms. The highest BCUT2D eigenvalue weighted by Gasteiger charge is 2.34. The third kappa shape index (κ3) is 4.66. The van der Waals surface area contributed by atoms with Crippen LogP contribution in [-0.2, 0) is 12.7 Å². The van der Waals surface area contributed by atoms with Crippen LogP contribution in [0.5, 0.6) is 0 Å². The molecular weight excluding hydrogens is 477 g/mol. The molecule has 0 radical (unpaired) electrons. The molecule has 3 aromatic carbocycles. The smallest absolute Gasteiger partial charge is 0.309 e. The average molecular weight is 499 g/mol. The maximum atomic E-state index is 13.9. The van der Waals surface area contributed by atoms with E-state index in [-0.39, 0.29) is 5.69 Å². The molecule has 4 aromatic rings. The fourth-order valence-electron chi connectivity index (χ4n) is 3.87. The Kier molecular flexibility index (Phi) is 6.26. The minimum Gasteiger partial charge on any atom is -0.309 e. The molecule has 0 aliphatic heterocycles. The second-order valence-corrected chi connectivity index (χ2v) is 8.81. The predicted molar refractivity (Wildman–Crippen MR) is 127 cm³/mol. The summed E-state index contributed by atoms with van der Waals surface area (Å²) in [4.78, 5) is 2.06. The molecule has 0 N–H and O–H groups in total. The molecule has 0 atom stereocenters. The van der Waals surface area contributed by atoms with Gasteiger partial charge in [0.1, 0.15) is 0 Å². The van der Waals surface area contributed by atoms with E-state index in [1.54, 1.807) is 10.6 Å². The lowest BCUT2D eigenvalue weighted by Gasteiger charge is -2.20. The van der Waals surface area contributed by atoms with Gasteiger partial charge in [-0.3, -0.25) is 0 Å². The minimum atomic E-state index is -4.47. The van der Waals surface area contributed by atoms with Crippen LogP contribution in [-0.4, -0.2) is 23.6 Å². The van der Waals surface area contributed by atoms with Crippen LogP contribution >= 0.6 is 15.9 Å². The topological polar surface area (TPSA) is 8.17 Å². The SMILES string of the molecule is CN(C)Cc1cccc(-c2ccc(-c3ccc(Br)cc3)n2-c2ccccc2C(F)(F)F)c1. The normalized spacial score (nSPS) is 11.8. The molecule has 0 aliphatic rings. The van der Waals surface area contributed by atoms with Crippen LogP contribution < -0.4 is 0 Å². The maximum absolute atomic E-state index is 13.9. The molecule has 2 nitrogen and oxygen atoms in total. The fraction of sp³-hybridized carbons (Fsp3) is 0.154. The van der Waals surface area contributed by atoms with Crippen molar-refractivity contribution in [2.24, 2.45) is 0 Å². The van der Waals surface area contributed by atoms with Crippen molar-refractivity contribution in [3.63, 3.8) is 0 Å². The first-order valence-corrected chi connectivity index (χ1v) is 10.9. The number of benzene rings is 3. The van der Waals surface area contributed by atoms with E-state index in [1.165, 1.54) is 12.1 Å². The summed E-state index contributed by atoms with van der Waals surface area (Å²) in [7, 11) is 3.97. The Hall–Kier alpha value is -2.83. The summed E-state index contributed by atoms with van der Waals surface area (Å²) in [5.74, 6) is 0. The summed E-state index contributed by atoms with van der Waals surface area (Å²) >= 11 is 3.43. The van der Waals surface area contributed by atoms with Gasteiger partial charge in [0, 0.05) is 11.0 Å². The third-order valence-electron chi connectivity index (χ3n) is 5.19. The average Bonchev–Trinajstić information content (AvgIpc) is 3.18. The van der Waals surface area contributed by atoms with Gasteiger partial charge in [-0.25, -0.2) is 0 Å². The molecular formula is C26H22BrF3N2. The van der Waals surface area contributed by atoms with Gasteiger partial charge in [0.15, 0.2) is 0 Å². The third-order valence-corrected chi connectivity index (χ3v) is 5.72. The van der Waals surface area contributed by atoms with Gasteiger partial charge in [-0.2, -0.15) is 13.2 Å². The molecule has 4 rings (SSSR count). The van der Waals surface area contributed by atoms with Crippen LogP contribution in [0, 0.1) is 0 Å². The van der Waals surface area contributed by atoms with Crippen LogP contribution in [0.4, 0.5) is 13.2 Å². The van der Waals surface area contributed by atoms with Crippen molar-refractivity contribution >= 4 is 15.9 Å². The van der Waals surface area contributed by atoms with Crippen LogP contribution in [0.15, 0.2) is 89.4 Å². The number of hydrogen-bond donors (Lipinski definition) is 0. The number of para-hydroxylation sites is 1. The van der Waals surface area contributed by atoms with Gasteiger partial charge < -0.3 is 9.47 Å². The number of hydrogen-bond acceptors (Lipinski definition) is 1. The van der Waals surface area contributed by atoms with Crippen molar-refractivity contribution < 1.29 is 13.2 Å². The molecule has 0 bridgehead atoms. The Morgan fingerprint density at radius 1 is 0.781 bits per heavy atom. The quantitative estimate of drug-likeness (QED) is 0.274. The zero-order valence-electron chi connectivity index (χ0n) is 17.7. The number of aromatic nitrogens is 1. The van der Waals surface area contributed by atoms with Crippen molar-refractivity contribution in [2.45, 2.75) is 12.7 Å². The zero-order valence-corrected chi connectivity index (χ0v) is 19.3. The molecule has 32 heavy (non-hydrogen) atoms. The minimum absolute atomic E-state index is 0.107. The summed E-state index contributed by atoms with van der Waals surface area (Å²) < 4.78 is 44.5. The Balaban J connectivity index is 1.97. The van der Waals surface area contributed by atoms with E-state index in [2.05, 4.69) is 20.8 Å². The fourth-order valence-corrected chi connectivity index (χ4v) is 4.13. The number of halogens is 4. The first-order valence-electron chi connectivity index (χ1n) is 10.1. The van der Waals surface area contributed by atoms with Gasteiger partial charge in [0.25, 0.3) is 0 Å². The predicted octanol–water partition coefficient (Wildman–Crippen LogP) is 7.65. The molecule has 1 aromatic heterocycles. The summed E-state index contributed by atoms with van der Waals surface area (Å²) in [6.07, 6.45) is -4.47. The van der Waals surface area contributed by atoms with E-state index in [0.29, 0.717) is 11.4 Å². The lowest BCUT2D eigenvalue weighted by molar-refractivity contribution is -0.137.